The molecule has 1 N–H and O–H groups in total. The molecule has 0 aliphatic heterocycles. The maximum atomic E-state index is 5.94. The minimum atomic E-state index is 0.593. The Balaban J connectivity index is 1.60. The predicted molar refractivity (Wildman–Crippen MR) is 105 cm³/mol. The lowest BCUT2D eigenvalue weighted by Crippen LogP contribution is -2.02. The van der Waals surface area contributed by atoms with Crippen LogP contribution in [0.15, 0.2) is 72.8 Å². The van der Waals surface area contributed by atoms with Gasteiger partial charge in [-0.1, -0.05) is 67.1 Å². The number of anilines is 1. The highest BCUT2D eigenvalue weighted by Crippen LogP contribution is 2.19. The lowest BCUT2D eigenvalue weighted by Gasteiger charge is -2.12. The Hall–Kier alpha value is -2.74. The number of nitrogens with one attached hydrogen (secondary N) is 1. The van der Waals surface area contributed by atoms with Gasteiger partial charge in [0, 0.05) is 12.2 Å². The minimum Gasteiger partial charge on any atom is -0.489 e. The predicted octanol–water partition coefficient (Wildman–Crippen LogP) is 5.75. The van der Waals surface area contributed by atoms with Gasteiger partial charge in [0.05, 0.1) is 0 Å². The van der Waals surface area contributed by atoms with Crippen LogP contribution in [-0.4, -0.2) is 0 Å². The van der Waals surface area contributed by atoms with Gasteiger partial charge in [-0.25, -0.2) is 0 Å². The van der Waals surface area contributed by atoms with Crippen molar-refractivity contribution < 1.29 is 4.74 Å². The molecule has 0 aromatic heterocycles. The Labute approximate surface area is 150 Å². The van der Waals surface area contributed by atoms with Crippen LogP contribution in [0.4, 0.5) is 5.69 Å². The lowest BCUT2D eigenvalue weighted by atomic mass is 10.1. The smallest absolute Gasteiger partial charge is 0.120 e. The van der Waals surface area contributed by atoms with Crippen LogP contribution in [0.5, 0.6) is 5.75 Å². The Bertz CT molecular complexity index is 808. The number of hydrogen-bond acceptors (Lipinski definition) is 2. The summed E-state index contributed by atoms with van der Waals surface area (Å²) in [6.07, 6.45) is 1.03. The van der Waals surface area contributed by atoms with E-state index in [4.69, 9.17) is 4.74 Å². The van der Waals surface area contributed by atoms with Gasteiger partial charge < -0.3 is 10.1 Å². The molecule has 3 rings (SSSR count). The summed E-state index contributed by atoms with van der Waals surface area (Å²) in [5.74, 6) is 0.906. The van der Waals surface area contributed by atoms with Gasteiger partial charge in [0.25, 0.3) is 0 Å². The average molecular weight is 331 g/mol. The third-order valence-electron chi connectivity index (χ3n) is 4.31. The van der Waals surface area contributed by atoms with Gasteiger partial charge in [-0.3, -0.25) is 0 Å². The Morgan fingerprint density at radius 2 is 1.64 bits per heavy atom. The maximum absolute atomic E-state index is 5.94. The monoisotopic (exact) mass is 331 g/mol. The van der Waals surface area contributed by atoms with Gasteiger partial charge in [-0.05, 0) is 48.2 Å². The molecule has 3 aromatic rings. The second-order valence-electron chi connectivity index (χ2n) is 6.29. The summed E-state index contributed by atoms with van der Waals surface area (Å²) in [5, 5.41) is 3.53. The fourth-order valence-electron chi connectivity index (χ4n) is 2.79. The van der Waals surface area contributed by atoms with E-state index in [1.165, 1.54) is 27.9 Å². The zero-order valence-corrected chi connectivity index (χ0v) is 15.0. The van der Waals surface area contributed by atoms with E-state index < -0.39 is 0 Å². The number of aryl methyl sites for hydroxylation is 2. The van der Waals surface area contributed by atoms with Crippen molar-refractivity contribution in [2.45, 2.75) is 33.4 Å². The number of benzene rings is 3. The number of ether oxygens (including phenoxy) is 1. The molecule has 0 saturated heterocycles. The molecule has 0 saturated carbocycles. The van der Waals surface area contributed by atoms with Crippen molar-refractivity contribution in [3.63, 3.8) is 0 Å². The topological polar surface area (TPSA) is 21.3 Å². The van der Waals surface area contributed by atoms with Crippen molar-refractivity contribution in [3.05, 3.63) is 95.1 Å². The van der Waals surface area contributed by atoms with Crippen molar-refractivity contribution >= 4 is 5.69 Å². The first-order chi connectivity index (χ1) is 12.2. The van der Waals surface area contributed by atoms with Gasteiger partial charge >= 0.3 is 0 Å². The molecule has 0 aliphatic carbocycles. The fourth-order valence-corrected chi connectivity index (χ4v) is 2.79. The van der Waals surface area contributed by atoms with Crippen molar-refractivity contribution in [2.75, 3.05) is 5.32 Å². The third-order valence-corrected chi connectivity index (χ3v) is 4.31. The van der Waals surface area contributed by atoms with E-state index in [9.17, 15) is 0 Å². The first-order valence-corrected chi connectivity index (χ1v) is 8.83. The van der Waals surface area contributed by atoms with Crippen LogP contribution < -0.4 is 10.1 Å². The molecule has 0 unspecified atom stereocenters. The zero-order chi connectivity index (χ0) is 17.5. The maximum Gasteiger partial charge on any atom is 0.120 e. The summed E-state index contributed by atoms with van der Waals surface area (Å²) >= 11 is 0. The second-order valence-corrected chi connectivity index (χ2v) is 6.29. The lowest BCUT2D eigenvalue weighted by molar-refractivity contribution is 0.306. The molecular weight excluding hydrogens is 306 g/mol. The Kier molecular flexibility index (Phi) is 5.73. The molecule has 0 spiro atoms. The van der Waals surface area contributed by atoms with E-state index in [0.717, 1.165) is 18.7 Å². The van der Waals surface area contributed by atoms with Gasteiger partial charge in [0.2, 0.25) is 0 Å². The quantitative estimate of drug-likeness (QED) is 0.595. The molecule has 2 heteroatoms. The van der Waals surface area contributed by atoms with Crippen LogP contribution in [-0.2, 0) is 19.6 Å². The molecular formula is C23H25NO. The molecule has 0 atom stereocenters. The van der Waals surface area contributed by atoms with E-state index in [2.05, 4.69) is 79.8 Å². The SMILES string of the molecule is CCc1ccccc1NCc1cccc(OCc2ccc(C)cc2)c1. The highest BCUT2D eigenvalue weighted by atomic mass is 16.5. The molecule has 2 nitrogen and oxygen atoms in total. The van der Waals surface area contributed by atoms with Gasteiger partial charge in [0.1, 0.15) is 12.4 Å². The third kappa shape index (κ3) is 4.87. The van der Waals surface area contributed by atoms with E-state index in [1.54, 1.807) is 0 Å². The van der Waals surface area contributed by atoms with E-state index in [-0.39, 0.29) is 0 Å². The molecule has 0 fully saturated rings. The van der Waals surface area contributed by atoms with Crippen LogP contribution in [0.2, 0.25) is 0 Å². The Morgan fingerprint density at radius 3 is 2.44 bits per heavy atom. The second kappa shape index (κ2) is 8.39. The first kappa shape index (κ1) is 17.1. The van der Waals surface area contributed by atoms with E-state index >= 15 is 0 Å². The summed E-state index contributed by atoms with van der Waals surface area (Å²) in [4.78, 5) is 0. The Morgan fingerprint density at radius 1 is 0.840 bits per heavy atom. The van der Waals surface area contributed by atoms with Gasteiger partial charge in [0.15, 0.2) is 0 Å². The van der Waals surface area contributed by atoms with Crippen molar-refractivity contribution in [3.8, 4) is 5.75 Å². The van der Waals surface area contributed by atoms with Crippen molar-refractivity contribution in [1.82, 2.24) is 0 Å². The molecule has 0 amide bonds. The highest BCUT2D eigenvalue weighted by molar-refractivity contribution is 5.51. The largest absolute Gasteiger partial charge is 0.489 e. The average Bonchev–Trinajstić information content (AvgIpc) is 2.66. The number of rotatable bonds is 7. The molecule has 25 heavy (non-hydrogen) atoms. The molecule has 0 heterocycles. The standard InChI is InChI=1S/C23H25NO/c1-3-21-8-4-5-10-23(21)24-16-20-7-6-9-22(15-20)25-17-19-13-11-18(2)12-14-19/h4-15,24H,3,16-17H2,1-2H3. The van der Waals surface area contributed by atoms with E-state index in [1.807, 2.05) is 12.1 Å². The molecule has 0 aliphatic rings. The van der Waals surface area contributed by atoms with Crippen LogP contribution in [0.3, 0.4) is 0 Å². The zero-order valence-electron chi connectivity index (χ0n) is 15.0. The van der Waals surface area contributed by atoms with Crippen molar-refractivity contribution in [1.29, 1.82) is 0 Å². The van der Waals surface area contributed by atoms with E-state index in [0.29, 0.717) is 6.61 Å². The van der Waals surface area contributed by atoms with Gasteiger partial charge in [-0.15, -0.1) is 0 Å². The summed E-state index contributed by atoms with van der Waals surface area (Å²) in [7, 11) is 0. The summed E-state index contributed by atoms with van der Waals surface area (Å²) in [6, 6.07) is 25.2. The summed E-state index contributed by atoms with van der Waals surface area (Å²) in [5.41, 5.74) is 6.22. The minimum absolute atomic E-state index is 0.593. The normalized spacial score (nSPS) is 10.5. The van der Waals surface area contributed by atoms with Crippen molar-refractivity contribution in [2.24, 2.45) is 0 Å². The number of para-hydroxylation sites is 1. The summed E-state index contributed by atoms with van der Waals surface area (Å²) < 4.78 is 5.94. The van der Waals surface area contributed by atoms with Crippen LogP contribution in [0.1, 0.15) is 29.2 Å². The molecule has 0 bridgehead atoms. The van der Waals surface area contributed by atoms with Crippen LogP contribution in [0, 0.1) is 6.92 Å². The molecule has 0 radical (unpaired) electrons. The molecule has 128 valence electrons. The van der Waals surface area contributed by atoms with Gasteiger partial charge in [-0.2, -0.15) is 0 Å². The van der Waals surface area contributed by atoms with Crippen LogP contribution in [0.25, 0.3) is 0 Å². The molecule has 3 aromatic carbocycles. The fraction of sp³-hybridized carbons (Fsp3) is 0.217. The number of hydrogen-bond donors (Lipinski definition) is 1. The highest BCUT2D eigenvalue weighted by Gasteiger charge is 2.01. The summed E-state index contributed by atoms with van der Waals surface area (Å²) in [6.45, 7) is 5.66. The van der Waals surface area contributed by atoms with Crippen LogP contribution >= 0.6 is 0 Å². The first-order valence-electron chi connectivity index (χ1n) is 8.83.